The first-order chi connectivity index (χ1) is 8.24. The summed E-state index contributed by atoms with van der Waals surface area (Å²) in [4.78, 5) is 22.6. The van der Waals surface area contributed by atoms with E-state index in [1.807, 2.05) is 0 Å². The van der Waals surface area contributed by atoms with Crippen molar-refractivity contribution in [3.63, 3.8) is 0 Å². The largest absolute Gasteiger partial charge is 0.354 e. The minimum atomic E-state index is 0.0521. The van der Waals surface area contributed by atoms with Crippen molar-refractivity contribution < 1.29 is 9.59 Å². The molecule has 2 amide bonds. The number of rotatable bonds is 4. The molecule has 5 nitrogen and oxygen atoms in total. The van der Waals surface area contributed by atoms with Crippen LogP contribution in [0.15, 0.2) is 0 Å². The molecule has 0 aromatic rings. The maximum atomic E-state index is 11.7. The van der Waals surface area contributed by atoms with Crippen LogP contribution >= 0.6 is 0 Å². The SMILES string of the molecule is O=C1CC(NCC(=O)NC2CCCCC2)CN1. The maximum absolute atomic E-state index is 11.7. The molecule has 96 valence electrons. The minimum absolute atomic E-state index is 0.0521. The monoisotopic (exact) mass is 239 g/mol. The molecule has 1 saturated heterocycles. The fourth-order valence-electron chi connectivity index (χ4n) is 2.51. The third kappa shape index (κ3) is 4.00. The first-order valence-corrected chi connectivity index (χ1v) is 6.53. The number of hydrogen-bond donors (Lipinski definition) is 3. The van der Waals surface area contributed by atoms with Gasteiger partial charge in [0.2, 0.25) is 11.8 Å². The molecule has 1 saturated carbocycles. The lowest BCUT2D eigenvalue weighted by molar-refractivity contribution is -0.122. The van der Waals surface area contributed by atoms with E-state index in [9.17, 15) is 9.59 Å². The normalized spacial score (nSPS) is 25.6. The second-order valence-corrected chi connectivity index (χ2v) is 4.99. The molecule has 1 heterocycles. The summed E-state index contributed by atoms with van der Waals surface area (Å²) < 4.78 is 0. The molecule has 1 unspecified atom stereocenters. The van der Waals surface area contributed by atoms with E-state index in [0.29, 0.717) is 25.6 Å². The van der Waals surface area contributed by atoms with Crippen molar-refractivity contribution in [1.29, 1.82) is 0 Å². The zero-order valence-electron chi connectivity index (χ0n) is 10.1. The van der Waals surface area contributed by atoms with Gasteiger partial charge in [-0.3, -0.25) is 9.59 Å². The predicted molar refractivity (Wildman–Crippen MR) is 64.4 cm³/mol. The van der Waals surface area contributed by atoms with Crippen molar-refractivity contribution in [2.45, 2.75) is 50.6 Å². The Morgan fingerprint density at radius 2 is 2.00 bits per heavy atom. The second kappa shape index (κ2) is 6.00. The molecule has 0 bridgehead atoms. The van der Waals surface area contributed by atoms with E-state index >= 15 is 0 Å². The van der Waals surface area contributed by atoms with Crippen molar-refractivity contribution in [1.82, 2.24) is 16.0 Å². The van der Waals surface area contributed by atoms with Crippen molar-refractivity contribution >= 4 is 11.8 Å². The van der Waals surface area contributed by atoms with Gasteiger partial charge in [-0.25, -0.2) is 0 Å². The lowest BCUT2D eigenvalue weighted by atomic mass is 9.95. The minimum Gasteiger partial charge on any atom is -0.354 e. The van der Waals surface area contributed by atoms with Crippen molar-refractivity contribution in [2.24, 2.45) is 0 Å². The molecule has 17 heavy (non-hydrogen) atoms. The molecule has 1 atom stereocenters. The summed E-state index contributed by atoms with van der Waals surface area (Å²) >= 11 is 0. The number of carbonyl (C=O) groups excluding carboxylic acids is 2. The van der Waals surface area contributed by atoms with E-state index in [4.69, 9.17) is 0 Å². The molecule has 2 fully saturated rings. The first kappa shape index (κ1) is 12.4. The number of hydrogen-bond acceptors (Lipinski definition) is 3. The predicted octanol–water partition coefficient (Wildman–Crippen LogP) is -0.0866. The summed E-state index contributed by atoms with van der Waals surface area (Å²) in [6.45, 7) is 0.950. The van der Waals surface area contributed by atoms with Crippen LogP contribution < -0.4 is 16.0 Å². The summed E-state index contributed by atoms with van der Waals surface area (Å²) in [5, 5.41) is 8.89. The van der Waals surface area contributed by atoms with Crippen LogP contribution in [0.3, 0.4) is 0 Å². The highest BCUT2D eigenvalue weighted by molar-refractivity contribution is 5.80. The maximum Gasteiger partial charge on any atom is 0.234 e. The van der Waals surface area contributed by atoms with E-state index in [0.717, 1.165) is 12.8 Å². The summed E-state index contributed by atoms with van der Waals surface area (Å²) in [6, 6.07) is 0.473. The summed E-state index contributed by atoms with van der Waals surface area (Å²) in [7, 11) is 0. The fraction of sp³-hybridized carbons (Fsp3) is 0.833. The Labute approximate surface area is 102 Å². The smallest absolute Gasteiger partial charge is 0.234 e. The molecule has 2 aliphatic rings. The van der Waals surface area contributed by atoms with Crippen molar-refractivity contribution in [3.8, 4) is 0 Å². The van der Waals surface area contributed by atoms with Crippen LogP contribution in [0.1, 0.15) is 38.5 Å². The lowest BCUT2D eigenvalue weighted by Gasteiger charge is -2.23. The average molecular weight is 239 g/mol. The number of carbonyl (C=O) groups is 2. The molecule has 0 aromatic heterocycles. The Hall–Kier alpha value is -1.10. The van der Waals surface area contributed by atoms with Crippen LogP contribution in [-0.2, 0) is 9.59 Å². The Morgan fingerprint density at radius 3 is 2.65 bits per heavy atom. The molecule has 1 aliphatic carbocycles. The molecule has 2 rings (SSSR count). The molecule has 0 radical (unpaired) electrons. The molecule has 0 spiro atoms. The van der Waals surface area contributed by atoms with Crippen LogP contribution in [0.5, 0.6) is 0 Å². The third-order valence-corrected chi connectivity index (χ3v) is 3.50. The molecule has 5 heteroatoms. The van der Waals surface area contributed by atoms with Crippen molar-refractivity contribution in [3.05, 3.63) is 0 Å². The van der Waals surface area contributed by atoms with Crippen LogP contribution in [-0.4, -0.2) is 37.0 Å². The quantitative estimate of drug-likeness (QED) is 0.642. The molecular formula is C12H21N3O2. The van der Waals surface area contributed by atoms with Gasteiger partial charge in [0.1, 0.15) is 0 Å². The van der Waals surface area contributed by atoms with Crippen LogP contribution in [0.2, 0.25) is 0 Å². The Kier molecular flexibility index (Phi) is 4.36. The van der Waals surface area contributed by atoms with Gasteiger partial charge in [0.25, 0.3) is 0 Å². The highest BCUT2D eigenvalue weighted by Gasteiger charge is 2.22. The highest BCUT2D eigenvalue weighted by atomic mass is 16.2. The van der Waals surface area contributed by atoms with E-state index in [1.165, 1.54) is 19.3 Å². The van der Waals surface area contributed by atoms with E-state index in [-0.39, 0.29) is 17.9 Å². The Morgan fingerprint density at radius 1 is 1.24 bits per heavy atom. The van der Waals surface area contributed by atoms with Gasteiger partial charge in [0.05, 0.1) is 6.54 Å². The van der Waals surface area contributed by atoms with Gasteiger partial charge in [-0.2, -0.15) is 0 Å². The molecule has 0 aromatic carbocycles. The Balaban J connectivity index is 1.61. The summed E-state index contributed by atoms with van der Waals surface area (Å²) in [6.07, 6.45) is 6.43. The summed E-state index contributed by atoms with van der Waals surface area (Å²) in [5.74, 6) is 0.117. The topological polar surface area (TPSA) is 70.2 Å². The standard InChI is InChI=1S/C12H21N3O2/c16-11-6-10(7-14-11)13-8-12(17)15-9-4-2-1-3-5-9/h9-10,13H,1-8H2,(H,14,16)(H,15,17). The van der Waals surface area contributed by atoms with Gasteiger partial charge >= 0.3 is 0 Å². The second-order valence-electron chi connectivity index (χ2n) is 4.99. The molecule has 3 N–H and O–H groups in total. The Bertz CT molecular complexity index is 287. The van der Waals surface area contributed by atoms with Crippen LogP contribution in [0, 0.1) is 0 Å². The highest BCUT2D eigenvalue weighted by Crippen LogP contribution is 2.17. The molecular weight excluding hydrogens is 218 g/mol. The number of nitrogens with one attached hydrogen (secondary N) is 3. The van der Waals surface area contributed by atoms with Gasteiger partial charge < -0.3 is 16.0 Å². The van der Waals surface area contributed by atoms with Gasteiger partial charge in [0, 0.05) is 25.0 Å². The van der Waals surface area contributed by atoms with Crippen LogP contribution in [0.25, 0.3) is 0 Å². The number of amides is 2. The first-order valence-electron chi connectivity index (χ1n) is 6.53. The average Bonchev–Trinajstić information content (AvgIpc) is 2.74. The van der Waals surface area contributed by atoms with Crippen molar-refractivity contribution in [2.75, 3.05) is 13.1 Å². The van der Waals surface area contributed by atoms with Gasteiger partial charge in [-0.15, -0.1) is 0 Å². The molecule has 1 aliphatic heterocycles. The van der Waals surface area contributed by atoms with Gasteiger partial charge in [-0.05, 0) is 12.8 Å². The summed E-state index contributed by atoms with van der Waals surface area (Å²) in [5.41, 5.74) is 0. The van der Waals surface area contributed by atoms with Gasteiger partial charge in [0.15, 0.2) is 0 Å². The van der Waals surface area contributed by atoms with Gasteiger partial charge in [-0.1, -0.05) is 19.3 Å². The third-order valence-electron chi connectivity index (χ3n) is 3.50. The zero-order chi connectivity index (χ0) is 12.1. The van der Waals surface area contributed by atoms with E-state index in [2.05, 4.69) is 16.0 Å². The van der Waals surface area contributed by atoms with E-state index in [1.54, 1.807) is 0 Å². The van der Waals surface area contributed by atoms with Crippen LogP contribution in [0.4, 0.5) is 0 Å². The van der Waals surface area contributed by atoms with E-state index < -0.39 is 0 Å². The fourth-order valence-corrected chi connectivity index (χ4v) is 2.51. The zero-order valence-corrected chi connectivity index (χ0v) is 10.1. The lowest BCUT2D eigenvalue weighted by Crippen LogP contribution is -2.44.